The summed E-state index contributed by atoms with van der Waals surface area (Å²) in [5.41, 5.74) is 3.81. The summed E-state index contributed by atoms with van der Waals surface area (Å²) in [5.74, 6) is 0.116. The van der Waals surface area contributed by atoms with Crippen LogP contribution in [-0.2, 0) is 16.0 Å². The van der Waals surface area contributed by atoms with Gasteiger partial charge in [0.2, 0.25) is 5.91 Å². The summed E-state index contributed by atoms with van der Waals surface area (Å²) in [5, 5.41) is 15.8. The van der Waals surface area contributed by atoms with Gasteiger partial charge < -0.3 is 15.2 Å². The lowest BCUT2D eigenvalue weighted by molar-refractivity contribution is -0.128. The lowest BCUT2D eigenvalue weighted by atomic mass is 10.1. The Hall–Kier alpha value is -3.35. The van der Waals surface area contributed by atoms with Crippen molar-refractivity contribution in [2.75, 3.05) is 7.11 Å². The maximum absolute atomic E-state index is 12.0. The summed E-state index contributed by atoms with van der Waals surface area (Å²) < 4.78 is 5.07. The highest BCUT2D eigenvalue weighted by Gasteiger charge is 2.15. The van der Waals surface area contributed by atoms with Crippen LogP contribution in [0.5, 0.6) is 11.5 Å². The number of aromatic hydroxyl groups is 1. The first-order valence-electron chi connectivity index (χ1n) is 8.02. The van der Waals surface area contributed by atoms with Gasteiger partial charge in [-0.1, -0.05) is 24.3 Å². The molecule has 3 N–H and O–H groups in total. The van der Waals surface area contributed by atoms with Gasteiger partial charge in [-0.3, -0.25) is 9.59 Å². The highest BCUT2D eigenvalue weighted by Crippen LogP contribution is 2.11. The zero-order valence-corrected chi connectivity index (χ0v) is 14.6. The van der Waals surface area contributed by atoms with Crippen molar-refractivity contribution in [2.24, 2.45) is 5.10 Å². The van der Waals surface area contributed by atoms with Gasteiger partial charge in [0, 0.05) is 0 Å². The zero-order chi connectivity index (χ0) is 18.9. The molecule has 2 amide bonds. The Morgan fingerprint density at radius 2 is 1.96 bits per heavy atom. The van der Waals surface area contributed by atoms with E-state index in [0.717, 1.165) is 5.56 Å². The van der Waals surface area contributed by atoms with E-state index in [9.17, 15) is 14.7 Å². The fourth-order valence-corrected chi connectivity index (χ4v) is 2.16. The van der Waals surface area contributed by atoms with E-state index in [1.807, 2.05) is 0 Å². The van der Waals surface area contributed by atoms with Gasteiger partial charge in [-0.15, -0.1) is 0 Å². The van der Waals surface area contributed by atoms with E-state index >= 15 is 0 Å². The van der Waals surface area contributed by atoms with Gasteiger partial charge in [0.05, 0.1) is 19.7 Å². The molecule has 136 valence electrons. The smallest absolute Gasteiger partial charge is 0.262 e. The molecule has 2 aromatic carbocycles. The van der Waals surface area contributed by atoms with Crippen molar-refractivity contribution in [3.05, 3.63) is 59.7 Å². The Morgan fingerprint density at radius 3 is 2.62 bits per heavy atom. The predicted octanol–water partition coefficient (Wildman–Crippen LogP) is 1.60. The van der Waals surface area contributed by atoms with Crippen molar-refractivity contribution in [1.82, 2.24) is 10.7 Å². The molecule has 0 bridgehead atoms. The number of amides is 2. The Labute approximate surface area is 151 Å². The van der Waals surface area contributed by atoms with Crippen LogP contribution >= 0.6 is 0 Å². The number of ether oxygens (including phenoxy) is 1. The third-order valence-electron chi connectivity index (χ3n) is 3.55. The maximum atomic E-state index is 12.0. The highest BCUT2D eigenvalue weighted by atomic mass is 16.5. The minimum atomic E-state index is -0.734. The molecule has 7 nitrogen and oxygen atoms in total. The molecule has 1 unspecified atom stereocenters. The Kier molecular flexibility index (Phi) is 6.73. The first-order chi connectivity index (χ1) is 12.5. The molecule has 7 heteroatoms. The van der Waals surface area contributed by atoms with Gasteiger partial charge in [-0.25, -0.2) is 5.43 Å². The van der Waals surface area contributed by atoms with Crippen LogP contribution in [-0.4, -0.2) is 36.3 Å². The van der Waals surface area contributed by atoms with E-state index in [1.54, 1.807) is 50.4 Å². The summed E-state index contributed by atoms with van der Waals surface area (Å²) in [4.78, 5) is 24.0. The molecule has 0 saturated carbocycles. The lowest BCUT2D eigenvalue weighted by Crippen LogP contribution is -2.43. The summed E-state index contributed by atoms with van der Waals surface area (Å²) in [6.45, 7) is 1.57. The molecule has 0 fully saturated rings. The lowest BCUT2D eigenvalue weighted by Gasteiger charge is -2.12. The van der Waals surface area contributed by atoms with E-state index in [0.29, 0.717) is 11.3 Å². The number of phenols is 1. The SMILES string of the molecule is COc1ccc(CC(=O)NC(C)C(=O)NN=Cc2cccc(O)c2)cc1. The molecule has 0 aliphatic heterocycles. The average molecular weight is 355 g/mol. The summed E-state index contributed by atoms with van der Waals surface area (Å²) >= 11 is 0. The molecular formula is C19H21N3O4. The molecule has 0 aliphatic carbocycles. The van der Waals surface area contributed by atoms with Gasteiger partial charge in [0.25, 0.3) is 5.91 Å². The van der Waals surface area contributed by atoms with Gasteiger partial charge >= 0.3 is 0 Å². The fraction of sp³-hybridized carbons (Fsp3) is 0.211. The largest absolute Gasteiger partial charge is 0.508 e. The number of carbonyl (C=O) groups excluding carboxylic acids is 2. The van der Waals surface area contributed by atoms with Crippen molar-refractivity contribution < 1.29 is 19.4 Å². The minimum Gasteiger partial charge on any atom is -0.508 e. The molecule has 0 aliphatic rings. The molecule has 1 atom stereocenters. The second-order valence-electron chi connectivity index (χ2n) is 5.64. The number of hydrogen-bond donors (Lipinski definition) is 3. The van der Waals surface area contributed by atoms with E-state index in [-0.39, 0.29) is 18.1 Å². The Morgan fingerprint density at radius 1 is 1.23 bits per heavy atom. The number of nitrogens with zero attached hydrogens (tertiary/aromatic N) is 1. The van der Waals surface area contributed by atoms with Gasteiger partial charge in [-0.05, 0) is 42.3 Å². The van der Waals surface area contributed by atoms with Crippen molar-refractivity contribution in [1.29, 1.82) is 0 Å². The van der Waals surface area contributed by atoms with Crippen LogP contribution in [0, 0.1) is 0 Å². The van der Waals surface area contributed by atoms with Crippen LogP contribution in [0.4, 0.5) is 0 Å². The number of hydrazone groups is 1. The number of carbonyl (C=O) groups is 2. The van der Waals surface area contributed by atoms with Crippen LogP contribution in [0.3, 0.4) is 0 Å². The van der Waals surface area contributed by atoms with Crippen LogP contribution in [0.15, 0.2) is 53.6 Å². The second-order valence-corrected chi connectivity index (χ2v) is 5.64. The van der Waals surface area contributed by atoms with Crippen molar-refractivity contribution in [2.45, 2.75) is 19.4 Å². The van der Waals surface area contributed by atoms with E-state index in [1.165, 1.54) is 18.3 Å². The Balaban J connectivity index is 1.80. The number of rotatable bonds is 7. The first-order valence-corrected chi connectivity index (χ1v) is 8.02. The Bertz CT molecular complexity index is 788. The standard InChI is InChI=1S/C19H21N3O4/c1-13(19(25)22-20-12-15-4-3-5-16(23)10-15)21-18(24)11-14-6-8-17(26-2)9-7-14/h3-10,12-13,23H,11H2,1-2H3,(H,21,24)(H,22,25). The molecule has 0 saturated heterocycles. The van der Waals surface area contributed by atoms with Crippen molar-refractivity contribution in [3.63, 3.8) is 0 Å². The maximum Gasteiger partial charge on any atom is 0.262 e. The quantitative estimate of drug-likeness (QED) is 0.519. The van der Waals surface area contributed by atoms with Crippen molar-refractivity contribution >= 4 is 18.0 Å². The van der Waals surface area contributed by atoms with Gasteiger partial charge in [0.1, 0.15) is 17.5 Å². The first kappa shape index (κ1) is 19.0. The number of methoxy groups -OCH3 is 1. The molecule has 0 aromatic heterocycles. The van der Waals surface area contributed by atoms with Gasteiger partial charge in [0.15, 0.2) is 0 Å². The number of benzene rings is 2. The fourth-order valence-electron chi connectivity index (χ4n) is 2.16. The summed E-state index contributed by atoms with van der Waals surface area (Å²) in [6, 6.07) is 12.8. The molecule has 0 radical (unpaired) electrons. The molecule has 2 rings (SSSR count). The molecule has 0 heterocycles. The summed E-state index contributed by atoms with van der Waals surface area (Å²) in [6.07, 6.45) is 1.57. The van der Waals surface area contributed by atoms with Gasteiger partial charge in [-0.2, -0.15) is 5.10 Å². The molecular weight excluding hydrogens is 334 g/mol. The van der Waals surface area contributed by atoms with Crippen LogP contribution in [0.25, 0.3) is 0 Å². The van der Waals surface area contributed by atoms with E-state index in [4.69, 9.17) is 4.74 Å². The van der Waals surface area contributed by atoms with Crippen molar-refractivity contribution in [3.8, 4) is 11.5 Å². The predicted molar refractivity (Wildman–Crippen MR) is 98.1 cm³/mol. The monoisotopic (exact) mass is 355 g/mol. The van der Waals surface area contributed by atoms with Crippen LogP contribution < -0.4 is 15.5 Å². The zero-order valence-electron chi connectivity index (χ0n) is 14.6. The van der Waals surface area contributed by atoms with E-state index < -0.39 is 11.9 Å². The van der Waals surface area contributed by atoms with Crippen LogP contribution in [0.2, 0.25) is 0 Å². The number of hydrogen-bond acceptors (Lipinski definition) is 5. The second kappa shape index (κ2) is 9.22. The topological polar surface area (TPSA) is 100 Å². The average Bonchev–Trinajstić information content (AvgIpc) is 2.62. The molecule has 0 spiro atoms. The highest BCUT2D eigenvalue weighted by molar-refractivity contribution is 5.89. The molecule has 26 heavy (non-hydrogen) atoms. The third kappa shape index (κ3) is 5.94. The number of nitrogens with one attached hydrogen (secondary N) is 2. The normalized spacial score (nSPS) is 11.8. The van der Waals surface area contributed by atoms with E-state index in [2.05, 4.69) is 15.8 Å². The molecule has 2 aromatic rings. The van der Waals surface area contributed by atoms with Crippen LogP contribution in [0.1, 0.15) is 18.1 Å². The third-order valence-corrected chi connectivity index (χ3v) is 3.55. The number of phenolic OH excluding ortho intramolecular Hbond substituents is 1. The minimum absolute atomic E-state index is 0.111. The summed E-state index contributed by atoms with van der Waals surface area (Å²) in [7, 11) is 1.57.